The van der Waals surface area contributed by atoms with E-state index >= 15 is 0 Å². The molecule has 0 aliphatic heterocycles. The Morgan fingerprint density at radius 1 is 1.45 bits per heavy atom. The summed E-state index contributed by atoms with van der Waals surface area (Å²) < 4.78 is 21.8. The second-order valence-electron chi connectivity index (χ2n) is 3.04. The van der Waals surface area contributed by atoms with Gasteiger partial charge in [0, 0.05) is 12.8 Å². The number of sulfone groups is 1. The van der Waals surface area contributed by atoms with Crippen LogP contribution < -0.4 is 5.73 Å². The summed E-state index contributed by atoms with van der Waals surface area (Å²) in [7, 11) is -3.00. The van der Waals surface area contributed by atoms with E-state index < -0.39 is 14.6 Å². The molecule has 0 bridgehead atoms. The quantitative estimate of drug-likeness (QED) is 0.604. The highest BCUT2D eigenvalue weighted by Gasteiger charge is 2.39. The van der Waals surface area contributed by atoms with Gasteiger partial charge in [-0.1, -0.05) is 12.2 Å². The highest BCUT2D eigenvalue weighted by molar-refractivity contribution is 7.92. The van der Waals surface area contributed by atoms with Crippen LogP contribution >= 0.6 is 0 Å². The molecule has 0 radical (unpaired) electrons. The summed E-state index contributed by atoms with van der Waals surface area (Å²) in [5.74, 6) is 0. The SMILES string of the molecule is CS(=O)(=O)C1(CN)CC=CC1. The predicted octanol–water partition coefficient (Wildman–Crippen LogP) is 0.0785. The van der Waals surface area contributed by atoms with E-state index in [0.29, 0.717) is 12.8 Å². The lowest BCUT2D eigenvalue weighted by Crippen LogP contribution is -2.42. The molecule has 0 aromatic heterocycles. The molecule has 2 N–H and O–H groups in total. The lowest BCUT2D eigenvalue weighted by atomic mass is 10.1. The second kappa shape index (κ2) is 2.60. The van der Waals surface area contributed by atoms with Gasteiger partial charge in [-0.2, -0.15) is 0 Å². The van der Waals surface area contributed by atoms with Crippen LogP contribution in [0.25, 0.3) is 0 Å². The van der Waals surface area contributed by atoms with Crippen molar-refractivity contribution in [3.05, 3.63) is 12.2 Å². The normalized spacial score (nSPS) is 22.4. The van der Waals surface area contributed by atoms with Gasteiger partial charge in [-0.3, -0.25) is 0 Å². The molecular weight excluding hydrogens is 162 g/mol. The Balaban J connectivity index is 2.96. The van der Waals surface area contributed by atoms with Crippen LogP contribution in [0.4, 0.5) is 0 Å². The van der Waals surface area contributed by atoms with Crippen molar-refractivity contribution >= 4 is 9.84 Å². The Kier molecular flexibility index (Phi) is 2.07. The Hall–Kier alpha value is -0.350. The minimum atomic E-state index is -3.00. The maximum absolute atomic E-state index is 11.3. The molecular formula is C7H13NO2S. The Morgan fingerprint density at radius 3 is 2.09 bits per heavy atom. The largest absolute Gasteiger partial charge is 0.329 e. The first-order valence-electron chi connectivity index (χ1n) is 3.56. The molecule has 0 amide bonds. The van der Waals surface area contributed by atoms with Gasteiger partial charge in [0.2, 0.25) is 0 Å². The monoisotopic (exact) mass is 175 g/mol. The fraction of sp³-hybridized carbons (Fsp3) is 0.714. The van der Waals surface area contributed by atoms with Crippen molar-refractivity contribution in [3.63, 3.8) is 0 Å². The molecule has 1 aliphatic rings. The Labute approximate surface area is 67.2 Å². The molecule has 0 atom stereocenters. The molecule has 0 aromatic carbocycles. The fourth-order valence-electron chi connectivity index (χ4n) is 1.30. The average molecular weight is 175 g/mol. The molecule has 11 heavy (non-hydrogen) atoms. The highest BCUT2D eigenvalue weighted by atomic mass is 32.2. The van der Waals surface area contributed by atoms with Crippen molar-refractivity contribution in [1.82, 2.24) is 0 Å². The van der Waals surface area contributed by atoms with Gasteiger partial charge >= 0.3 is 0 Å². The van der Waals surface area contributed by atoms with Gasteiger partial charge in [0.1, 0.15) is 0 Å². The van der Waals surface area contributed by atoms with Crippen LogP contribution in [0.2, 0.25) is 0 Å². The summed E-state index contributed by atoms with van der Waals surface area (Å²) in [6.07, 6.45) is 6.17. The summed E-state index contributed by atoms with van der Waals surface area (Å²) in [5, 5.41) is 0. The van der Waals surface area contributed by atoms with Crippen molar-refractivity contribution in [2.24, 2.45) is 5.73 Å². The molecule has 1 aliphatic carbocycles. The van der Waals surface area contributed by atoms with E-state index in [1.54, 1.807) is 0 Å². The number of nitrogens with two attached hydrogens (primary N) is 1. The van der Waals surface area contributed by atoms with Crippen molar-refractivity contribution < 1.29 is 8.42 Å². The maximum atomic E-state index is 11.3. The third kappa shape index (κ3) is 1.32. The molecule has 4 heteroatoms. The number of allylic oxidation sites excluding steroid dienone is 2. The summed E-state index contributed by atoms with van der Waals surface area (Å²) >= 11 is 0. The van der Waals surface area contributed by atoms with Crippen LogP contribution in [0.5, 0.6) is 0 Å². The van der Waals surface area contributed by atoms with Crippen molar-refractivity contribution in [2.45, 2.75) is 17.6 Å². The summed E-state index contributed by atoms with van der Waals surface area (Å²) in [6, 6.07) is 0. The lowest BCUT2D eigenvalue weighted by molar-refractivity contribution is 0.530. The molecule has 0 saturated carbocycles. The molecule has 0 aromatic rings. The topological polar surface area (TPSA) is 60.2 Å². The highest BCUT2D eigenvalue weighted by Crippen LogP contribution is 2.30. The van der Waals surface area contributed by atoms with E-state index in [9.17, 15) is 8.42 Å². The van der Waals surface area contributed by atoms with Crippen LogP contribution in [0.1, 0.15) is 12.8 Å². The van der Waals surface area contributed by atoms with Crippen molar-refractivity contribution in [1.29, 1.82) is 0 Å². The van der Waals surface area contributed by atoms with Gasteiger partial charge in [0.25, 0.3) is 0 Å². The van der Waals surface area contributed by atoms with E-state index in [1.165, 1.54) is 6.26 Å². The smallest absolute Gasteiger partial charge is 0.155 e. The van der Waals surface area contributed by atoms with E-state index in [0.717, 1.165) is 0 Å². The van der Waals surface area contributed by atoms with Gasteiger partial charge in [-0.15, -0.1) is 0 Å². The zero-order chi connectivity index (χ0) is 8.54. The van der Waals surface area contributed by atoms with Gasteiger partial charge in [-0.25, -0.2) is 8.42 Å². The standard InChI is InChI=1S/C7H13NO2S/c1-11(9,10)7(6-8)4-2-3-5-7/h2-3H,4-6,8H2,1H3. The van der Waals surface area contributed by atoms with Gasteiger partial charge in [0.05, 0.1) is 4.75 Å². The van der Waals surface area contributed by atoms with Crippen LogP contribution in [0.3, 0.4) is 0 Å². The van der Waals surface area contributed by atoms with Crippen LogP contribution in [0, 0.1) is 0 Å². The molecule has 0 unspecified atom stereocenters. The first kappa shape index (κ1) is 8.74. The third-order valence-corrected chi connectivity index (χ3v) is 4.38. The number of hydrogen-bond donors (Lipinski definition) is 1. The molecule has 3 nitrogen and oxygen atoms in total. The van der Waals surface area contributed by atoms with Crippen LogP contribution in [-0.4, -0.2) is 26.0 Å². The predicted molar refractivity (Wildman–Crippen MR) is 45.0 cm³/mol. The molecule has 0 fully saturated rings. The van der Waals surface area contributed by atoms with E-state index in [1.807, 2.05) is 12.2 Å². The lowest BCUT2D eigenvalue weighted by Gasteiger charge is -2.24. The Morgan fingerprint density at radius 2 is 1.91 bits per heavy atom. The van der Waals surface area contributed by atoms with Crippen LogP contribution in [-0.2, 0) is 9.84 Å². The minimum Gasteiger partial charge on any atom is -0.329 e. The Bertz CT molecular complexity index is 258. The van der Waals surface area contributed by atoms with E-state index in [4.69, 9.17) is 5.73 Å². The maximum Gasteiger partial charge on any atom is 0.155 e. The van der Waals surface area contributed by atoms with Gasteiger partial charge in [0.15, 0.2) is 9.84 Å². The summed E-state index contributed by atoms with van der Waals surface area (Å²) in [6.45, 7) is 0.221. The van der Waals surface area contributed by atoms with Gasteiger partial charge in [-0.05, 0) is 12.8 Å². The van der Waals surface area contributed by atoms with Crippen molar-refractivity contribution in [3.8, 4) is 0 Å². The summed E-state index contributed by atoms with van der Waals surface area (Å²) in [4.78, 5) is 0. The first-order chi connectivity index (χ1) is 5.02. The second-order valence-corrected chi connectivity index (χ2v) is 5.45. The minimum absolute atomic E-state index is 0.221. The molecule has 1 rings (SSSR count). The molecule has 64 valence electrons. The molecule has 0 spiro atoms. The number of hydrogen-bond acceptors (Lipinski definition) is 3. The van der Waals surface area contributed by atoms with E-state index in [2.05, 4.69) is 0 Å². The van der Waals surface area contributed by atoms with Crippen LogP contribution in [0.15, 0.2) is 12.2 Å². The average Bonchev–Trinajstić information content (AvgIpc) is 2.33. The molecule has 0 heterocycles. The fourth-order valence-corrected chi connectivity index (χ4v) is 2.40. The zero-order valence-corrected chi connectivity index (χ0v) is 7.39. The molecule has 0 saturated heterocycles. The van der Waals surface area contributed by atoms with E-state index in [-0.39, 0.29) is 6.54 Å². The summed E-state index contributed by atoms with van der Waals surface area (Å²) in [5.41, 5.74) is 5.44. The first-order valence-corrected chi connectivity index (χ1v) is 5.46. The number of rotatable bonds is 2. The third-order valence-electron chi connectivity index (χ3n) is 2.30. The van der Waals surface area contributed by atoms with Gasteiger partial charge < -0.3 is 5.73 Å². The van der Waals surface area contributed by atoms with Crippen molar-refractivity contribution in [2.75, 3.05) is 12.8 Å². The zero-order valence-electron chi connectivity index (χ0n) is 6.58.